The van der Waals surface area contributed by atoms with E-state index < -0.39 is 21.1 Å². The van der Waals surface area contributed by atoms with Crippen molar-refractivity contribution in [3.05, 3.63) is 83.4 Å². The minimum absolute atomic E-state index is 0.276. The topological polar surface area (TPSA) is 106 Å². The fraction of sp³-hybridized carbons (Fsp3) is 0.276. The van der Waals surface area contributed by atoms with Crippen LogP contribution in [0.1, 0.15) is 21.5 Å². The molecular formula is C29H29AlN2O8. The van der Waals surface area contributed by atoms with Crippen molar-refractivity contribution in [1.29, 1.82) is 0 Å². The van der Waals surface area contributed by atoms with Crippen molar-refractivity contribution in [3.8, 4) is 23.0 Å². The fourth-order valence-corrected chi connectivity index (χ4v) is 5.27. The lowest BCUT2D eigenvalue weighted by molar-refractivity contribution is 0.0272. The molecule has 0 spiro atoms. The van der Waals surface area contributed by atoms with Gasteiger partial charge < -0.3 is 30.3 Å². The van der Waals surface area contributed by atoms with Gasteiger partial charge in [-0.05, 0) is 36.4 Å². The van der Waals surface area contributed by atoms with Crippen LogP contribution in [-0.2, 0) is 13.3 Å². The molecule has 0 N–H and O–H groups in total. The zero-order valence-corrected chi connectivity index (χ0v) is 23.1. The van der Waals surface area contributed by atoms with Gasteiger partial charge in [-0.15, -0.1) is 0 Å². The minimum atomic E-state index is -3.32. The summed E-state index contributed by atoms with van der Waals surface area (Å²) in [5.41, 5.74) is 1.67. The molecule has 2 aliphatic rings. The van der Waals surface area contributed by atoms with Gasteiger partial charge in [0.05, 0.1) is 45.1 Å². The highest BCUT2D eigenvalue weighted by molar-refractivity contribution is 6.42. The number of nitrogens with zero attached hydrogens (tertiary/aromatic N) is 2. The van der Waals surface area contributed by atoms with Crippen LogP contribution in [0.4, 0.5) is 0 Å². The van der Waals surface area contributed by atoms with E-state index in [0.717, 1.165) is 0 Å². The smallest absolute Gasteiger partial charge is 0.574 e. The molecule has 0 unspecified atom stereocenters. The molecule has 0 amide bonds. The standard InChI is InChI=1S/C22H26N2O6.C7H6O2.Al/c25-21-17-3-1-5-19(21)29-13-11-27-9-10-28-12-14-30-20-6-2-4-18(22(20)26)16-24-8-7-23-15-17;8-7(9)6-4-2-1-3-5-6;/h1-6,15-16,25-26H,7-14H2;1-5H,(H,8,9);/q;;+3/p-3. The average Bonchev–Trinajstić information content (AvgIpc) is 2.99. The van der Waals surface area contributed by atoms with Gasteiger partial charge in [0.25, 0.3) is 0 Å². The van der Waals surface area contributed by atoms with Crippen molar-refractivity contribution in [1.82, 2.24) is 0 Å². The molecule has 0 atom stereocenters. The molecule has 3 aromatic rings. The van der Waals surface area contributed by atoms with Crippen molar-refractivity contribution in [3.63, 3.8) is 0 Å². The molecule has 40 heavy (non-hydrogen) atoms. The predicted molar refractivity (Wildman–Crippen MR) is 149 cm³/mol. The first-order valence-corrected chi connectivity index (χ1v) is 14.5. The summed E-state index contributed by atoms with van der Waals surface area (Å²) in [5.74, 6) is 1.03. The van der Waals surface area contributed by atoms with E-state index in [4.69, 9.17) is 30.3 Å². The molecule has 206 valence electrons. The molecule has 0 aromatic heterocycles. The third-order valence-corrected chi connectivity index (χ3v) is 7.08. The summed E-state index contributed by atoms with van der Waals surface area (Å²) in [6, 6.07) is 19.6. The molecule has 2 bridgehead atoms. The first-order chi connectivity index (χ1) is 19.8. The van der Waals surface area contributed by atoms with E-state index in [1.54, 1.807) is 48.8 Å². The number of ether oxygens (including phenoxy) is 4. The van der Waals surface area contributed by atoms with E-state index in [-0.39, 0.29) is 13.2 Å². The molecule has 10 nitrogen and oxygen atoms in total. The largest absolute Gasteiger partial charge is 1.20 e. The first-order valence-electron chi connectivity index (χ1n) is 13.0. The molecular weight excluding hydrogens is 531 g/mol. The zero-order chi connectivity index (χ0) is 27.4. The number of rotatable bonds is 2. The lowest BCUT2D eigenvalue weighted by Gasteiger charge is -2.21. The lowest BCUT2D eigenvalue weighted by atomic mass is 10.2. The second kappa shape index (κ2) is 14.5. The van der Waals surface area contributed by atoms with Gasteiger partial charge >= 0.3 is 21.1 Å². The summed E-state index contributed by atoms with van der Waals surface area (Å²) >= 11 is -3.32. The molecule has 0 radical (unpaired) electrons. The van der Waals surface area contributed by atoms with Crippen LogP contribution < -0.4 is 17.1 Å². The van der Waals surface area contributed by atoms with Gasteiger partial charge in [0, 0.05) is 23.6 Å². The Morgan fingerprint density at radius 2 is 1.18 bits per heavy atom. The van der Waals surface area contributed by atoms with Crippen molar-refractivity contribution in [2.45, 2.75) is 0 Å². The quantitative estimate of drug-likeness (QED) is 0.438. The van der Waals surface area contributed by atoms with Crippen LogP contribution in [0.2, 0.25) is 0 Å². The van der Waals surface area contributed by atoms with Gasteiger partial charge in [0.1, 0.15) is 24.7 Å². The number of carbonyl (C=O) groups excluding carboxylic acids is 1. The Balaban J connectivity index is 1.58. The van der Waals surface area contributed by atoms with Crippen molar-refractivity contribution >= 4 is 33.5 Å². The van der Waals surface area contributed by atoms with Gasteiger partial charge in [0.15, 0.2) is 11.5 Å². The number of aliphatic imine (C=N–C) groups is 2. The third-order valence-electron chi connectivity index (χ3n) is 5.82. The molecule has 0 saturated carbocycles. The number of carbonyl (C=O) groups is 1. The maximum absolute atomic E-state index is 13.2. The maximum Gasteiger partial charge on any atom is 1.20 e. The highest BCUT2D eigenvalue weighted by Gasteiger charge is 2.48. The van der Waals surface area contributed by atoms with Crippen molar-refractivity contribution < 1.29 is 35.1 Å². The molecule has 0 fully saturated rings. The second-order valence-electron chi connectivity index (χ2n) is 8.64. The number of para-hydroxylation sites is 2. The summed E-state index contributed by atoms with van der Waals surface area (Å²) in [6.45, 7) is 3.02. The monoisotopic (exact) mass is 560 g/mol. The number of benzene rings is 3. The summed E-state index contributed by atoms with van der Waals surface area (Å²) in [5, 5.41) is 0. The summed E-state index contributed by atoms with van der Waals surface area (Å²) in [4.78, 5) is 22.2. The van der Waals surface area contributed by atoms with Gasteiger partial charge in [-0.2, -0.15) is 0 Å². The Morgan fingerprint density at radius 3 is 1.73 bits per heavy atom. The third kappa shape index (κ3) is 7.61. The van der Waals surface area contributed by atoms with Crippen LogP contribution in [0.15, 0.2) is 76.7 Å². The molecule has 0 aliphatic carbocycles. The molecule has 0 saturated heterocycles. The molecule has 2 heterocycles. The highest BCUT2D eigenvalue weighted by Crippen LogP contribution is 2.35. The van der Waals surface area contributed by atoms with E-state index in [2.05, 4.69) is 9.98 Å². The number of fused-ring (bicyclic) bond motifs is 2. The van der Waals surface area contributed by atoms with Crippen LogP contribution in [-0.4, -0.2) is 86.3 Å². The molecule has 11 heteroatoms. The van der Waals surface area contributed by atoms with Gasteiger partial charge in [-0.3, -0.25) is 9.98 Å². The second-order valence-corrected chi connectivity index (χ2v) is 9.92. The Hall–Kier alpha value is -3.88. The van der Waals surface area contributed by atoms with Crippen LogP contribution in [0.25, 0.3) is 0 Å². The fourth-order valence-electron chi connectivity index (χ4n) is 3.93. The zero-order valence-electron chi connectivity index (χ0n) is 21.9. The first kappa shape index (κ1) is 27.7. The SMILES string of the molecule is O=C([O][Al]1[O]c2c3cccc2OCCOCCOCCOc2cccc(c2[O]1)C=NCCN=C3)c1ccccc1. The highest BCUT2D eigenvalue weighted by atomic mass is 27.3. The lowest BCUT2D eigenvalue weighted by Crippen LogP contribution is -2.37. The number of hydrogen-bond acceptors (Lipinski definition) is 10. The molecule has 3 aromatic carbocycles. The predicted octanol–water partition coefficient (Wildman–Crippen LogP) is 3.64. The maximum atomic E-state index is 13.2. The average molecular weight is 561 g/mol. The Morgan fingerprint density at radius 1 is 0.650 bits per heavy atom. The van der Waals surface area contributed by atoms with Gasteiger partial charge in [0.2, 0.25) is 0 Å². The summed E-state index contributed by atoms with van der Waals surface area (Å²) in [6.07, 6.45) is 3.39. The van der Waals surface area contributed by atoms with Gasteiger partial charge in [-0.1, -0.05) is 30.3 Å². The van der Waals surface area contributed by atoms with Crippen LogP contribution in [0.3, 0.4) is 0 Å². The normalized spacial score (nSPS) is 16.1. The number of hydrogen-bond donors (Lipinski definition) is 0. The van der Waals surface area contributed by atoms with Crippen LogP contribution in [0, 0.1) is 0 Å². The Labute approximate surface area is 237 Å². The Bertz CT molecular complexity index is 1260. The van der Waals surface area contributed by atoms with E-state index in [1.165, 1.54) is 0 Å². The minimum Gasteiger partial charge on any atom is -0.574 e. The van der Waals surface area contributed by atoms with Crippen molar-refractivity contribution in [2.24, 2.45) is 9.98 Å². The van der Waals surface area contributed by atoms with E-state index in [9.17, 15) is 4.79 Å². The molecule has 2 aliphatic heterocycles. The van der Waals surface area contributed by atoms with Crippen LogP contribution >= 0.6 is 0 Å². The van der Waals surface area contributed by atoms with E-state index >= 15 is 0 Å². The van der Waals surface area contributed by atoms with Crippen LogP contribution in [0.5, 0.6) is 23.0 Å². The summed E-state index contributed by atoms with van der Waals surface area (Å²) < 4.78 is 42.0. The van der Waals surface area contributed by atoms with Gasteiger partial charge in [-0.25, -0.2) is 4.79 Å². The van der Waals surface area contributed by atoms with E-state index in [1.807, 2.05) is 30.3 Å². The van der Waals surface area contributed by atoms with Crippen molar-refractivity contribution in [2.75, 3.05) is 52.7 Å². The molecule has 5 rings (SSSR count). The summed E-state index contributed by atoms with van der Waals surface area (Å²) in [7, 11) is 0. The Kier molecular flexibility index (Phi) is 10.0. The van der Waals surface area contributed by atoms with E-state index in [0.29, 0.717) is 79.2 Å².